The van der Waals surface area contributed by atoms with Crippen LogP contribution in [0.2, 0.25) is 0 Å². The number of carbonyl (C=O) groups excluding carboxylic acids is 1. The van der Waals surface area contributed by atoms with Crippen molar-refractivity contribution in [3.63, 3.8) is 0 Å². The number of nitrogens with one attached hydrogen (secondary N) is 1. The van der Waals surface area contributed by atoms with E-state index in [1.807, 2.05) is 6.07 Å². The molecule has 0 amide bonds. The molecule has 1 aromatic heterocycles. The average molecular weight is 346 g/mol. The maximum absolute atomic E-state index is 11.8. The minimum atomic E-state index is -0.519. The summed E-state index contributed by atoms with van der Waals surface area (Å²) in [5, 5.41) is 10.1. The van der Waals surface area contributed by atoms with E-state index in [0.29, 0.717) is 18.6 Å². The molecule has 0 aliphatic carbocycles. The van der Waals surface area contributed by atoms with Crippen LogP contribution < -0.4 is 0 Å². The highest BCUT2D eigenvalue weighted by atomic mass is 79.9. The van der Waals surface area contributed by atoms with Gasteiger partial charge in [0.05, 0.1) is 17.7 Å². The summed E-state index contributed by atoms with van der Waals surface area (Å²) in [6.07, 6.45) is 2.14. The monoisotopic (exact) mass is 345 g/mol. The third kappa shape index (κ3) is 2.24. The molecule has 1 aliphatic heterocycles. The summed E-state index contributed by atoms with van der Waals surface area (Å²) in [6, 6.07) is 5.26. The van der Waals surface area contributed by atoms with Gasteiger partial charge in [0.1, 0.15) is 6.07 Å². The van der Waals surface area contributed by atoms with Gasteiger partial charge in [-0.2, -0.15) is 5.26 Å². The Bertz CT molecular complexity index is 801. The second-order valence-electron chi connectivity index (χ2n) is 4.72. The number of benzene rings is 1. The molecule has 1 aliphatic rings. The van der Waals surface area contributed by atoms with Crippen molar-refractivity contribution >= 4 is 39.0 Å². The molecule has 6 heteroatoms. The Balaban J connectivity index is 2.09. The quantitative estimate of drug-likeness (QED) is 0.850. The van der Waals surface area contributed by atoms with Crippen LogP contribution >= 0.6 is 15.9 Å². The topological polar surface area (TPSA) is 78.2 Å². The van der Waals surface area contributed by atoms with Gasteiger partial charge in [0.15, 0.2) is 6.04 Å². The van der Waals surface area contributed by atoms with Crippen molar-refractivity contribution < 1.29 is 9.53 Å². The summed E-state index contributed by atoms with van der Waals surface area (Å²) in [7, 11) is 0. The fourth-order valence-corrected chi connectivity index (χ4v) is 3.07. The first-order valence-corrected chi connectivity index (χ1v) is 7.38. The molecule has 1 atom stereocenters. The summed E-state index contributed by atoms with van der Waals surface area (Å²) < 4.78 is 5.91. The molecule has 21 heavy (non-hydrogen) atoms. The minimum Gasteiger partial charge on any atom is -0.464 e. The van der Waals surface area contributed by atoms with Crippen molar-refractivity contribution in [1.82, 2.24) is 4.98 Å². The average Bonchev–Trinajstić information content (AvgIpc) is 2.87. The third-order valence-electron chi connectivity index (χ3n) is 3.49. The number of nitrogens with zero attached hydrogens (tertiary/aromatic N) is 2. The van der Waals surface area contributed by atoms with Gasteiger partial charge in [0.25, 0.3) is 0 Å². The molecule has 1 unspecified atom stereocenters. The molecular weight excluding hydrogens is 334 g/mol. The van der Waals surface area contributed by atoms with E-state index < -0.39 is 6.04 Å². The number of aliphatic imine (C=N–C) groups is 1. The van der Waals surface area contributed by atoms with Gasteiger partial charge < -0.3 is 9.72 Å². The van der Waals surface area contributed by atoms with Crippen LogP contribution in [0.3, 0.4) is 0 Å². The fourth-order valence-electron chi connectivity index (χ4n) is 2.53. The van der Waals surface area contributed by atoms with Crippen LogP contribution in [-0.4, -0.2) is 29.8 Å². The molecule has 1 N–H and O–H groups in total. The largest absolute Gasteiger partial charge is 0.464 e. The first-order valence-electron chi connectivity index (χ1n) is 6.58. The van der Waals surface area contributed by atoms with Crippen molar-refractivity contribution in [1.29, 1.82) is 5.26 Å². The van der Waals surface area contributed by atoms with Gasteiger partial charge in [-0.05, 0) is 19.1 Å². The molecule has 3 rings (SSSR count). The first-order chi connectivity index (χ1) is 10.2. The van der Waals surface area contributed by atoms with Crippen molar-refractivity contribution in [3.05, 3.63) is 33.4 Å². The smallest absolute Gasteiger partial charge is 0.331 e. The summed E-state index contributed by atoms with van der Waals surface area (Å²) in [5.41, 5.74) is 3.17. The molecule has 0 radical (unpaired) electrons. The van der Waals surface area contributed by atoms with Gasteiger partial charge in [-0.3, -0.25) is 4.99 Å². The third-order valence-corrected chi connectivity index (χ3v) is 4.15. The van der Waals surface area contributed by atoms with Gasteiger partial charge in [0.2, 0.25) is 0 Å². The highest BCUT2D eigenvalue weighted by molar-refractivity contribution is 9.10. The van der Waals surface area contributed by atoms with Crippen LogP contribution in [0, 0.1) is 11.3 Å². The SMILES string of the molecule is CCOC(=O)C1Cc2[nH]c3c(C#N)ccc(Br)c3c2C=N1. The molecule has 106 valence electrons. The van der Waals surface area contributed by atoms with Crippen molar-refractivity contribution in [3.8, 4) is 6.07 Å². The highest BCUT2D eigenvalue weighted by Gasteiger charge is 2.26. The molecule has 1 aromatic carbocycles. The lowest BCUT2D eigenvalue weighted by Gasteiger charge is -2.14. The van der Waals surface area contributed by atoms with Crippen LogP contribution in [0.4, 0.5) is 0 Å². The molecule has 0 spiro atoms. The Hall–Kier alpha value is -2.13. The number of halogens is 1. The zero-order chi connectivity index (χ0) is 15.0. The van der Waals surface area contributed by atoms with Gasteiger partial charge in [-0.1, -0.05) is 15.9 Å². The number of esters is 1. The van der Waals surface area contributed by atoms with E-state index in [0.717, 1.165) is 26.6 Å². The lowest BCUT2D eigenvalue weighted by Crippen LogP contribution is -2.27. The van der Waals surface area contributed by atoms with E-state index in [1.54, 1.807) is 19.2 Å². The summed E-state index contributed by atoms with van der Waals surface area (Å²) in [6.45, 7) is 2.11. The maximum Gasteiger partial charge on any atom is 0.331 e. The molecule has 0 bridgehead atoms. The summed E-state index contributed by atoms with van der Waals surface area (Å²) >= 11 is 3.50. The number of fused-ring (bicyclic) bond motifs is 3. The van der Waals surface area contributed by atoms with E-state index in [-0.39, 0.29) is 5.97 Å². The number of aromatic amines is 1. The fraction of sp³-hybridized carbons (Fsp3) is 0.267. The van der Waals surface area contributed by atoms with Gasteiger partial charge in [0, 0.05) is 33.8 Å². The normalized spacial score (nSPS) is 16.5. The summed E-state index contributed by atoms with van der Waals surface area (Å²) in [5.74, 6) is -0.322. The Labute approximate surface area is 129 Å². The molecular formula is C15H12BrN3O2. The predicted molar refractivity (Wildman–Crippen MR) is 82.4 cm³/mol. The minimum absolute atomic E-state index is 0.322. The highest BCUT2D eigenvalue weighted by Crippen LogP contribution is 2.33. The first kappa shape index (κ1) is 13.8. The molecule has 5 nitrogen and oxygen atoms in total. The summed E-state index contributed by atoms with van der Waals surface area (Å²) in [4.78, 5) is 19.3. The zero-order valence-corrected chi connectivity index (χ0v) is 12.9. The Morgan fingerprint density at radius 2 is 2.43 bits per heavy atom. The molecule has 2 aromatic rings. The van der Waals surface area contributed by atoms with E-state index >= 15 is 0 Å². The molecule has 0 fully saturated rings. The molecule has 0 saturated heterocycles. The second-order valence-corrected chi connectivity index (χ2v) is 5.58. The molecule has 2 heterocycles. The number of nitriles is 1. The van der Waals surface area contributed by atoms with Crippen LogP contribution in [0.25, 0.3) is 10.9 Å². The van der Waals surface area contributed by atoms with E-state index in [1.165, 1.54) is 0 Å². The van der Waals surface area contributed by atoms with Gasteiger partial charge in [-0.15, -0.1) is 0 Å². The van der Waals surface area contributed by atoms with Gasteiger partial charge >= 0.3 is 5.97 Å². The number of ether oxygens (including phenoxy) is 1. The Morgan fingerprint density at radius 3 is 3.14 bits per heavy atom. The van der Waals surface area contributed by atoms with Crippen LogP contribution in [0.1, 0.15) is 23.7 Å². The number of carbonyl (C=O) groups is 1. The van der Waals surface area contributed by atoms with Crippen molar-refractivity contribution in [2.24, 2.45) is 4.99 Å². The lowest BCUT2D eigenvalue weighted by atomic mass is 10.0. The van der Waals surface area contributed by atoms with E-state index in [4.69, 9.17) is 4.74 Å². The van der Waals surface area contributed by atoms with Crippen LogP contribution in [0.15, 0.2) is 21.6 Å². The standard InChI is InChI=1S/C15H12BrN3O2/c1-2-21-15(20)12-5-11-9(7-18-12)13-10(16)4-3-8(6-17)14(13)19-11/h3-4,7,12,19H,2,5H2,1H3. The zero-order valence-electron chi connectivity index (χ0n) is 11.3. The number of hydrogen-bond donors (Lipinski definition) is 1. The number of rotatable bonds is 2. The number of hydrogen-bond acceptors (Lipinski definition) is 4. The maximum atomic E-state index is 11.8. The Morgan fingerprint density at radius 1 is 1.62 bits per heavy atom. The second kappa shape index (κ2) is 5.34. The van der Waals surface area contributed by atoms with Crippen LogP contribution in [0.5, 0.6) is 0 Å². The molecule has 0 saturated carbocycles. The Kier molecular flexibility index (Phi) is 3.52. The van der Waals surface area contributed by atoms with E-state index in [9.17, 15) is 10.1 Å². The van der Waals surface area contributed by atoms with Crippen molar-refractivity contribution in [2.75, 3.05) is 6.61 Å². The predicted octanol–water partition coefficient (Wildman–Crippen LogP) is 2.71. The van der Waals surface area contributed by atoms with Crippen LogP contribution in [-0.2, 0) is 16.0 Å². The number of H-pyrrole nitrogens is 1. The number of aromatic nitrogens is 1. The van der Waals surface area contributed by atoms with Crippen molar-refractivity contribution in [2.45, 2.75) is 19.4 Å². The van der Waals surface area contributed by atoms with Gasteiger partial charge in [-0.25, -0.2) is 4.79 Å². The van der Waals surface area contributed by atoms with E-state index in [2.05, 4.69) is 32.0 Å². The lowest BCUT2D eigenvalue weighted by molar-refractivity contribution is -0.144.